The number of amides is 1. The van der Waals surface area contributed by atoms with E-state index in [9.17, 15) is 31.2 Å². The number of alkyl halides is 3. The molecule has 30 heavy (non-hydrogen) atoms. The molecule has 8 nitrogen and oxygen atoms in total. The van der Waals surface area contributed by atoms with Gasteiger partial charge in [-0.25, -0.2) is 18.4 Å². The Kier molecular flexibility index (Phi) is 6.73. The van der Waals surface area contributed by atoms with Gasteiger partial charge in [0.25, 0.3) is 5.91 Å². The maximum absolute atomic E-state index is 12.3. The second kappa shape index (κ2) is 8.71. The van der Waals surface area contributed by atoms with Crippen molar-refractivity contribution in [1.29, 1.82) is 0 Å². The number of carbonyl (C=O) groups excluding carboxylic acids is 2. The average Bonchev–Trinajstić information content (AvgIpc) is 2.61. The highest BCUT2D eigenvalue weighted by Crippen LogP contribution is 2.24. The zero-order valence-electron chi connectivity index (χ0n) is 15.7. The molecule has 162 valence electrons. The molecule has 0 saturated heterocycles. The van der Waals surface area contributed by atoms with E-state index in [0.29, 0.717) is 5.56 Å². The number of rotatable bonds is 6. The lowest BCUT2D eigenvalue weighted by atomic mass is 10.1. The first-order valence-electron chi connectivity index (χ1n) is 8.27. The molecule has 1 amide bonds. The minimum atomic E-state index is -4.84. The third-order valence-electron chi connectivity index (χ3n) is 3.77. The van der Waals surface area contributed by atoms with Gasteiger partial charge in [0.2, 0.25) is 10.0 Å². The fourth-order valence-electron chi connectivity index (χ4n) is 2.26. The van der Waals surface area contributed by atoms with Crippen molar-refractivity contribution in [1.82, 2.24) is 0 Å². The predicted octanol–water partition coefficient (Wildman–Crippen LogP) is 2.73. The Labute approximate surface area is 169 Å². The van der Waals surface area contributed by atoms with E-state index in [-0.39, 0.29) is 16.1 Å². The van der Waals surface area contributed by atoms with Crippen LogP contribution in [0.3, 0.4) is 0 Å². The van der Waals surface area contributed by atoms with E-state index < -0.39 is 40.1 Å². The molecule has 0 aliphatic rings. The van der Waals surface area contributed by atoms with Crippen LogP contribution in [0.5, 0.6) is 5.75 Å². The van der Waals surface area contributed by atoms with Gasteiger partial charge < -0.3 is 14.8 Å². The molecule has 0 radical (unpaired) electrons. The Morgan fingerprint density at radius 3 is 2.23 bits per heavy atom. The molecule has 0 aromatic heterocycles. The third-order valence-corrected chi connectivity index (χ3v) is 4.68. The molecule has 3 N–H and O–H groups in total. The van der Waals surface area contributed by atoms with Crippen LogP contribution in [0.1, 0.15) is 22.8 Å². The van der Waals surface area contributed by atoms with E-state index >= 15 is 0 Å². The van der Waals surface area contributed by atoms with Crippen molar-refractivity contribution < 1.29 is 40.7 Å². The summed E-state index contributed by atoms with van der Waals surface area (Å²) in [7, 11) is -4.04. The molecule has 0 spiro atoms. The van der Waals surface area contributed by atoms with Gasteiger partial charge >= 0.3 is 12.3 Å². The van der Waals surface area contributed by atoms with Crippen molar-refractivity contribution in [2.45, 2.75) is 31.2 Å². The molecule has 0 fully saturated rings. The number of hydrogen-bond donors (Lipinski definition) is 2. The lowest BCUT2D eigenvalue weighted by molar-refractivity contribution is -0.274. The number of primary sulfonamides is 1. The first-order chi connectivity index (χ1) is 13.8. The fraction of sp³-hybridized carbons (Fsp3) is 0.222. The minimum Gasteiger partial charge on any atom is -0.449 e. The maximum Gasteiger partial charge on any atom is 0.573 e. The Morgan fingerprint density at radius 2 is 1.70 bits per heavy atom. The molecule has 2 aromatic carbocycles. The van der Waals surface area contributed by atoms with Crippen LogP contribution in [-0.2, 0) is 19.6 Å². The largest absolute Gasteiger partial charge is 0.573 e. The smallest absolute Gasteiger partial charge is 0.449 e. The third kappa shape index (κ3) is 6.46. The van der Waals surface area contributed by atoms with Crippen molar-refractivity contribution in [3.8, 4) is 5.75 Å². The standard InChI is InChI=1S/C18H17F3N2O6S/c1-10-3-8-14(30(22,26)27)9-15(10)17(25)28-11(2)16(24)23-12-4-6-13(7-5-12)29-18(19,20)21/h3-9,11H,1-2H3,(H,23,24)(H2,22,26,27). The predicted molar refractivity (Wildman–Crippen MR) is 99.2 cm³/mol. The number of carbonyl (C=O) groups is 2. The summed E-state index contributed by atoms with van der Waals surface area (Å²) < 4.78 is 68.1. The molecule has 12 heteroatoms. The van der Waals surface area contributed by atoms with Crippen LogP contribution in [0.15, 0.2) is 47.4 Å². The number of nitrogens with one attached hydrogen (secondary N) is 1. The number of nitrogens with two attached hydrogens (primary N) is 1. The second-order valence-electron chi connectivity index (χ2n) is 6.13. The van der Waals surface area contributed by atoms with Crippen LogP contribution < -0.4 is 15.2 Å². The highest BCUT2D eigenvalue weighted by molar-refractivity contribution is 7.89. The Hall–Kier alpha value is -3.12. The number of aryl methyl sites for hydroxylation is 1. The summed E-state index contributed by atoms with van der Waals surface area (Å²) in [5, 5.41) is 7.41. The monoisotopic (exact) mass is 446 g/mol. The number of halogens is 3. The van der Waals surface area contributed by atoms with Gasteiger partial charge in [0.05, 0.1) is 10.5 Å². The summed E-state index contributed by atoms with van der Waals surface area (Å²) >= 11 is 0. The molecule has 1 atom stereocenters. The molecular formula is C18H17F3N2O6S. The molecule has 0 saturated carbocycles. The van der Waals surface area contributed by atoms with Gasteiger partial charge in [-0.2, -0.15) is 0 Å². The number of esters is 1. The summed E-state index contributed by atoms with van der Waals surface area (Å²) in [6.07, 6.45) is -6.13. The van der Waals surface area contributed by atoms with E-state index in [4.69, 9.17) is 9.88 Å². The van der Waals surface area contributed by atoms with E-state index in [2.05, 4.69) is 10.1 Å². The van der Waals surface area contributed by atoms with Crippen LogP contribution in [0, 0.1) is 6.92 Å². The topological polar surface area (TPSA) is 125 Å². The van der Waals surface area contributed by atoms with Gasteiger partial charge in [-0.1, -0.05) is 6.07 Å². The minimum absolute atomic E-state index is 0.0881. The summed E-state index contributed by atoms with van der Waals surface area (Å²) in [6.45, 7) is 2.81. The summed E-state index contributed by atoms with van der Waals surface area (Å²) in [4.78, 5) is 24.2. The SMILES string of the molecule is Cc1ccc(S(N)(=O)=O)cc1C(=O)OC(C)C(=O)Nc1ccc(OC(F)(F)F)cc1. The number of anilines is 1. The summed E-state index contributed by atoms with van der Waals surface area (Å²) in [6, 6.07) is 7.98. The highest BCUT2D eigenvalue weighted by Gasteiger charge is 2.31. The van der Waals surface area contributed by atoms with Crippen LogP contribution in [0.4, 0.5) is 18.9 Å². The Morgan fingerprint density at radius 1 is 1.10 bits per heavy atom. The molecule has 0 heterocycles. The Balaban J connectivity index is 2.05. The quantitative estimate of drug-likeness (QED) is 0.658. The molecule has 2 aromatic rings. The van der Waals surface area contributed by atoms with Gasteiger partial charge in [0.15, 0.2) is 6.10 Å². The molecule has 0 aliphatic carbocycles. The highest BCUT2D eigenvalue weighted by atomic mass is 32.2. The van der Waals surface area contributed by atoms with Crippen molar-refractivity contribution in [2.75, 3.05) is 5.32 Å². The molecule has 0 aliphatic heterocycles. The number of ether oxygens (including phenoxy) is 2. The van der Waals surface area contributed by atoms with Crippen molar-refractivity contribution >= 4 is 27.6 Å². The van der Waals surface area contributed by atoms with Gasteiger partial charge in [-0.05, 0) is 55.8 Å². The zero-order chi connectivity index (χ0) is 22.7. The van der Waals surface area contributed by atoms with Crippen molar-refractivity contribution in [2.24, 2.45) is 5.14 Å². The zero-order valence-corrected chi connectivity index (χ0v) is 16.5. The summed E-state index contributed by atoms with van der Waals surface area (Å²) in [5.74, 6) is -2.17. The maximum atomic E-state index is 12.3. The van der Waals surface area contributed by atoms with Gasteiger partial charge in [-0.3, -0.25) is 4.79 Å². The van der Waals surface area contributed by atoms with Crippen molar-refractivity contribution in [3.05, 3.63) is 53.6 Å². The molecule has 2 rings (SSSR count). The van der Waals surface area contributed by atoms with Gasteiger partial charge in [-0.15, -0.1) is 13.2 Å². The van der Waals surface area contributed by atoms with Gasteiger partial charge in [0.1, 0.15) is 5.75 Å². The van der Waals surface area contributed by atoms with E-state index in [1.54, 1.807) is 6.92 Å². The molecule has 0 bridgehead atoms. The lowest BCUT2D eigenvalue weighted by Crippen LogP contribution is -2.30. The average molecular weight is 446 g/mol. The first kappa shape index (κ1) is 23.2. The number of sulfonamides is 1. The van der Waals surface area contributed by atoms with E-state index in [1.807, 2.05) is 0 Å². The molecule has 1 unspecified atom stereocenters. The van der Waals surface area contributed by atoms with E-state index in [1.165, 1.54) is 31.2 Å². The van der Waals surface area contributed by atoms with Gasteiger partial charge in [0, 0.05) is 5.69 Å². The first-order valence-corrected chi connectivity index (χ1v) is 9.82. The van der Waals surface area contributed by atoms with Crippen LogP contribution >= 0.6 is 0 Å². The lowest BCUT2D eigenvalue weighted by Gasteiger charge is -2.15. The summed E-state index contributed by atoms with van der Waals surface area (Å²) in [5.41, 5.74) is 0.458. The number of benzene rings is 2. The van der Waals surface area contributed by atoms with Crippen LogP contribution in [0.25, 0.3) is 0 Å². The van der Waals surface area contributed by atoms with Crippen LogP contribution in [-0.4, -0.2) is 32.8 Å². The Bertz CT molecular complexity index is 1050. The molecular weight excluding hydrogens is 429 g/mol. The second-order valence-corrected chi connectivity index (χ2v) is 7.69. The van der Waals surface area contributed by atoms with Crippen molar-refractivity contribution in [3.63, 3.8) is 0 Å². The van der Waals surface area contributed by atoms with Crippen LogP contribution in [0.2, 0.25) is 0 Å². The number of hydrogen-bond acceptors (Lipinski definition) is 6. The normalized spacial score (nSPS) is 12.7. The van der Waals surface area contributed by atoms with E-state index in [0.717, 1.165) is 18.2 Å². The fourth-order valence-corrected chi connectivity index (χ4v) is 2.80.